The normalized spacial score (nSPS) is 23.2. The molecule has 1 unspecified atom stereocenters. The Balaban J connectivity index is 1.94. The van der Waals surface area contributed by atoms with Gasteiger partial charge in [0.25, 0.3) is 0 Å². The standard InChI is InChI=1S/C7H9IN2OS/c8-7-9-6(10-12-7)3-5-1-2-11-4-5/h5H,1-4H2. The minimum Gasteiger partial charge on any atom is -0.381 e. The smallest absolute Gasteiger partial charge is 0.173 e. The van der Waals surface area contributed by atoms with Gasteiger partial charge >= 0.3 is 0 Å². The highest BCUT2D eigenvalue weighted by Crippen LogP contribution is 2.18. The van der Waals surface area contributed by atoms with Crippen LogP contribution in [0.3, 0.4) is 0 Å². The van der Waals surface area contributed by atoms with Gasteiger partial charge in [0.2, 0.25) is 0 Å². The second-order valence-corrected chi connectivity index (χ2v) is 5.40. The zero-order valence-electron chi connectivity index (χ0n) is 6.49. The number of hydrogen-bond acceptors (Lipinski definition) is 4. The summed E-state index contributed by atoms with van der Waals surface area (Å²) in [6.07, 6.45) is 2.15. The first-order valence-electron chi connectivity index (χ1n) is 3.90. The van der Waals surface area contributed by atoms with Crippen molar-refractivity contribution in [1.82, 2.24) is 9.36 Å². The van der Waals surface area contributed by atoms with E-state index in [1.165, 1.54) is 11.5 Å². The van der Waals surface area contributed by atoms with E-state index in [2.05, 4.69) is 31.9 Å². The van der Waals surface area contributed by atoms with E-state index < -0.39 is 0 Å². The fourth-order valence-corrected chi connectivity index (χ4v) is 2.33. The predicted octanol–water partition coefficient (Wildman–Crippen LogP) is 1.72. The monoisotopic (exact) mass is 296 g/mol. The number of nitrogens with zero attached hydrogens (tertiary/aromatic N) is 2. The summed E-state index contributed by atoms with van der Waals surface area (Å²) in [4.78, 5) is 4.31. The molecule has 0 N–H and O–H groups in total. The molecule has 3 nitrogen and oxygen atoms in total. The highest BCUT2D eigenvalue weighted by molar-refractivity contribution is 14.1. The zero-order valence-corrected chi connectivity index (χ0v) is 9.47. The van der Waals surface area contributed by atoms with Crippen LogP contribution in [-0.4, -0.2) is 22.6 Å². The highest BCUT2D eigenvalue weighted by atomic mass is 127. The van der Waals surface area contributed by atoms with Gasteiger partial charge in [-0.3, -0.25) is 0 Å². The van der Waals surface area contributed by atoms with Crippen molar-refractivity contribution in [2.24, 2.45) is 5.92 Å². The summed E-state index contributed by atoms with van der Waals surface area (Å²) in [6, 6.07) is 0. The SMILES string of the molecule is Ic1nc(CC2CCOC2)ns1. The van der Waals surface area contributed by atoms with Crippen LogP contribution in [0.5, 0.6) is 0 Å². The summed E-state index contributed by atoms with van der Waals surface area (Å²) in [5.41, 5.74) is 0. The van der Waals surface area contributed by atoms with Crippen LogP contribution in [0.2, 0.25) is 0 Å². The van der Waals surface area contributed by atoms with Crippen molar-refractivity contribution in [3.8, 4) is 0 Å². The van der Waals surface area contributed by atoms with Crippen LogP contribution in [0.4, 0.5) is 0 Å². The molecule has 1 atom stereocenters. The first kappa shape index (κ1) is 8.83. The van der Waals surface area contributed by atoms with E-state index >= 15 is 0 Å². The Kier molecular flexibility index (Phi) is 2.92. The Bertz CT molecular complexity index is 260. The summed E-state index contributed by atoms with van der Waals surface area (Å²) < 4.78 is 10.6. The molecule has 0 radical (unpaired) electrons. The predicted molar refractivity (Wildman–Crippen MR) is 55.3 cm³/mol. The topological polar surface area (TPSA) is 35.0 Å². The van der Waals surface area contributed by atoms with Gasteiger partial charge in [-0.25, -0.2) is 4.98 Å². The van der Waals surface area contributed by atoms with E-state index in [-0.39, 0.29) is 0 Å². The average Bonchev–Trinajstić information content (AvgIpc) is 2.63. The first-order chi connectivity index (χ1) is 5.84. The van der Waals surface area contributed by atoms with E-state index in [1.54, 1.807) is 0 Å². The van der Waals surface area contributed by atoms with Gasteiger partial charge in [-0.05, 0) is 46.5 Å². The lowest BCUT2D eigenvalue weighted by Gasteiger charge is -2.01. The number of rotatable bonds is 2. The van der Waals surface area contributed by atoms with E-state index in [4.69, 9.17) is 4.74 Å². The quantitative estimate of drug-likeness (QED) is 0.780. The molecule has 0 spiro atoms. The van der Waals surface area contributed by atoms with Crippen LogP contribution in [0.1, 0.15) is 12.2 Å². The summed E-state index contributed by atoms with van der Waals surface area (Å²) >= 11 is 3.67. The summed E-state index contributed by atoms with van der Waals surface area (Å²) in [5.74, 6) is 1.63. The molecule has 0 aliphatic carbocycles. The van der Waals surface area contributed by atoms with E-state index in [0.29, 0.717) is 5.92 Å². The lowest BCUT2D eigenvalue weighted by Crippen LogP contribution is -2.04. The Morgan fingerprint density at radius 3 is 3.17 bits per heavy atom. The molecule has 0 bridgehead atoms. The van der Waals surface area contributed by atoms with Crippen molar-refractivity contribution in [2.75, 3.05) is 13.2 Å². The molecule has 0 aromatic carbocycles. The maximum atomic E-state index is 5.28. The molecule has 66 valence electrons. The molecule has 1 aromatic rings. The molecule has 12 heavy (non-hydrogen) atoms. The minimum atomic E-state index is 0.649. The van der Waals surface area contributed by atoms with E-state index in [0.717, 1.165) is 34.9 Å². The van der Waals surface area contributed by atoms with Gasteiger partial charge < -0.3 is 4.74 Å². The molecule has 2 rings (SSSR count). The largest absolute Gasteiger partial charge is 0.381 e. The molecule has 0 saturated carbocycles. The van der Waals surface area contributed by atoms with Crippen LogP contribution in [-0.2, 0) is 11.2 Å². The van der Waals surface area contributed by atoms with Crippen molar-refractivity contribution < 1.29 is 4.74 Å². The number of halogens is 1. The fourth-order valence-electron chi connectivity index (χ4n) is 1.32. The molecule has 1 aliphatic rings. The van der Waals surface area contributed by atoms with Crippen molar-refractivity contribution in [3.05, 3.63) is 8.84 Å². The molecule has 0 amide bonds. The van der Waals surface area contributed by atoms with Crippen LogP contribution in [0.25, 0.3) is 0 Å². The zero-order chi connectivity index (χ0) is 8.39. The third-order valence-electron chi connectivity index (χ3n) is 1.94. The van der Waals surface area contributed by atoms with Crippen molar-refractivity contribution >= 4 is 34.1 Å². The second kappa shape index (κ2) is 3.97. The lowest BCUT2D eigenvalue weighted by molar-refractivity contribution is 0.185. The molecule has 2 heterocycles. The van der Waals surface area contributed by atoms with Crippen molar-refractivity contribution in [1.29, 1.82) is 0 Å². The Labute approximate surface area is 88.8 Å². The number of hydrogen-bond donors (Lipinski definition) is 0. The van der Waals surface area contributed by atoms with E-state index in [9.17, 15) is 0 Å². The van der Waals surface area contributed by atoms with Crippen molar-refractivity contribution in [3.63, 3.8) is 0 Å². The van der Waals surface area contributed by atoms with Gasteiger partial charge in [-0.15, -0.1) is 0 Å². The highest BCUT2D eigenvalue weighted by Gasteiger charge is 2.17. The molecule has 1 saturated heterocycles. The average molecular weight is 296 g/mol. The molecular formula is C7H9IN2OS. The summed E-state index contributed by atoms with van der Waals surface area (Å²) in [6.45, 7) is 1.79. The third kappa shape index (κ3) is 2.14. The molecule has 1 fully saturated rings. The Hall–Kier alpha value is 0.250. The van der Waals surface area contributed by atoms with Crippen LogP contribution in [0.15, 0.2) is 0 Å². The summed E-state index contributed by atoms with van der Waals surface area (Å²) in [7, 11) is 0. The van der Waals surface area contributed by atoms with Crippen LogP contribution >= 0.6 is 34.1 Å². The molecule has 5 heteroatoms. The molecular weight excluding hydrogens is 287 g/mol. The number of ether oxygens (including phenoxy) is 1. The third-order valence-corrected chi connectivity index (χ3v) is 3.31. The van der Waals surface area contributed by atoms with Crippen LogP contribution < -0.4 is 0 Å². The molecule has 1 aliphatic heterocycles. The lowest BCUT2D eigenvalue weighted by atomic mass is 10.1. The minimum absolute atomic E-state index is 0.649. The number of aromatic nitrogens is 2. The van der Waals surface area contributed by atoms with Crippen LogP contribution in [0, 0.1) is 8.93 Å². The Morgan fingerprint density at radius 2 is 2.58 bits per heavy atom. The van der Waals surface area contributed by atoms with Gasteiger partial charge in [0.15, 0.2) is 3.01 Å². The maximum absolute atomic E-state index is 5.28. The van der Waals surface area contributed by atoms with Crippen molar-refractivity contribution in [2.45, 2.75) is 12.8 Å². The Morgan fingerprint density at radius 1 is 1.67 bits per heavy atom. The van der Waals surface area contributed by atoms with Gasteiger partial charge in [0, 0.05) is 19.6 Å². The van der Waals surface area contributed by atoms with Gasteiger partial charge in [0.05, 0.1) is 0 Å². The maximum Gasteiger partial charge on any atom is 0.173 e. The fraction of sp³-hybridized carbons (Fsp3) is 0.714. The van der Waals surface area contributed by atoms with E-state index in [1.807, 2.05) is 0 Å². The first-order valence-corrected chi connectivity index (χ1v) is 5.75. The van der Waals surface area contributed by atoms with Gasteiger partial charge in [-0.2, -0.15) is 4.37 Å². The summed E-state index contributed by atoms with van der Waals surface area (Å²) in [5, 5.41) is 0. The molecule has 1 aromatic heterocycles. The second-order valence-electron chi connectivity index (χ2n) is 2.90. The van der Waals surface area contributed by atoms with Gasteiger partial charge in [-0.1, -0.05) is 0 Å². The van der Waals surface area contributed by atoms with Gasteiger partial charge in [0.1, 0.15) is 5.82 Å².